The van der Waals surface area contributed by atoms with Crippen LogP contribution in [0, 0.1) is 5.92 Å². The highest BCUT2D eigenvalue weighted by Crippen LogP contribution is 2.53. The Balaban J connectivity index is 2.27. The Morgan fingerprint density at radius 2 is 2.31 bits per heavy atom. The van der Waals surface area contributed by atoms with Crippen molar-refractivity contribution in [2.24, 2.45) is 5.92 Å². The van der Waals surface area contributed by atoms with Gasteiger partial charge in [0.2, 0.25) is 0 Å². The third-order valence-corrected chi connectivity index (χ3v) is 3.14. The average molecular weight is 178 g/mol. The molecule has 1 aromatic rings. The van der Waals surface area contributed by atoms with Crippen LogP contribution in [0.2, 0.25) is 0 Å². The van der Waals surface area contributed by atoms with E-state index in [2.05, 4.69) is 6.92 Å². The van der Waals surface area contributed by atoms with Crippen LogP contribution < -0.4 is 0 Å². The van der Waals surface area contributed by atoms with E-state index in [-0.39, 0.29) is 12.0 Å². The monoisotopic (exact) mass is 178 g/mol. The largest absolute Gasteiger partial charge is 0.508 e. The molecule has 1 aromatic carbocycles. The fourth-order valence-corrected chi connectivity index (χ4v) is 1.93. The van der Waals surface area contributed by atoms with Crippen LogP contribution in [0.3, 0.4) is 0 Å². The zero-order chi connectivity index (χ0) is 9.47. The van der Waals surface area contributed by atoms with Crippen molar-refractivity contribution in [3.8, 4) is 5.75 Å². The van der Waals surface area contributed by atoms with Crippen LogP contribution in [0.15, 0.2) is 24.3 Å². The molecule has 2 atom stereocenters. The van der Waals surface area contributed by atoms with E-state index in [0.29, 0.717) is 11.7 Å². The number of hydrogen-bond donors (Lipinski definition) is 2. The standard InChI is InChI=1S/C11H14O2/c1-11(6-9(11)7-12)8-3-2-4-10(13)5-8/h2-5,9,12-13H,6-7H2,1H3. The summed E-state index contributed by atoms with van der Waals surface area (Å²) in [5.41, 5.74) is 1.22. The zero-order valence-electron chi connectivity index (χ0n) is 7.70. The molecule has 2 rings (SSSR count). The van der Waals surface area contributed by atoms with Crippen LogP contribution in [0.5, 0.6) is 5.75 Å². The molecule has 0 heterocycles. The quantitative estimate of drug-likeness (QED) is 0.723. The van der Waals surface area contributed by atoms with Crippen molar-refractivity contribution in [3.63, 3.8) is 0 Å². The Bertz CT molecular complexity index is 322. The average Bonchev–Trinajstić information content (AvgIpc) is 2.79. The summed E-state index contributed by atoms with van der Waals surface area (Å²) in [4.78, 5) is 0. The maximum absolute atomic E-state index is 9.30. The molecule has 0 amide bonds. The molecule has 1 aliphatic rings. The summed E-state index contributed by atoms with van der Waals surface area (Å²) in [5, 5.41) is 18.3. The third-order valence-electron chi connectivity index (χ3n) is 3.14. The highest BCUT2D eigenvalue weighted by Gasteiger charge is 2.50. The number of aliphatic hydroxyl groups excluding tert-OH is 1. The van der Waals surface area contributed by atoms with Gasteiger partial charge in [-0.15, -0.1) is 0 Å². The number of aromatic hydroxyl groups is 1. The lowest BCUT2D eigenvalue weighted by molar-refractivity contribution is 0.265. The lowest BCUT2D eigenvalue weighted by atomic mass is 9.95. The van der Waals surface area contributed by atoms with Gasteiger partial charge in [0.1, 0.15) is 5.75 Å². The van der Waals surface area contributed by atoms with Gasteiger partial charge in [0.15, 0.2) is 0 Å². The van der Waals surface area contributed by atoms with Crippen molar-refractivity contribution in [2.45, 2.75) is 18.8 Å². The number of phenolic OH excluding ortho intramolecular Hbond substituents is 1. The fourth-order valence-electron chi connectivity index (χ4n) is 1.93. The van der Waals surface area contributed by atoms with Crippen molar-refractivity contribution >= 4 is 0 Å². The summed E-state index contributed by atoms with van der Waals surface area (Å²) in [5.74, 6) is 0.677. The maximum atomic E-state index is 9.30. The smallest absolute Gasteiger partial charge is 0.115 e. The lowest BCUT2D eigenvalue weighted by Crippen LogP contribution is -2.06. The van der Waals surface area contributed by atoms with Gasteiger partial charge in [-0.3, -0.25) is 0 Å². The van der Waals surface area contributed by atoms with Crippen molar-refractivity contribution in [1.82, 2.24) is 0 Å². The van der Waals surface area contributed by atoms with E-state index in [9.17, 15) is 5.11 Å². The van der Waals surface area contributed by atoms with Crippen LogP contribution in [-0.2, 0) is 5.41 Å². The van der Waals surface area contributed by atoms with E-state index in [4.69, 9.17) is 5.11 Å². The van der Waals surface area contributed by atoms with Crippen LogP contribution in [0.4, 0.5) is 0 Å². The number of aliphatic hydroxyl groups is 1. The first-order valence-corrected chi connectivity index (χ1v) is 4.57. The van der Waals surface area contributed by atoms with Gasteiger partial charge in [0.25, 0.3) is 0 Å². The minimum Gasteiger partial charge on any atom is -0.508 e. The molecule has 0 saturated heterocycles. The third kappa shape index (κ3) is 1.31. The highest BCUT2D eigenvalue weighted by atomic mass is 16.3. The molecule has 0 bridgehead atoms. The second-order valence-corrected chi connectivity index (χ2v) is 4.05. The summed E-state index contributed by atoms with van der Waals surface area (Å²) < 4.78 is 0. The molecule has 0 radical (unpaired) electrons. The molecule has 2 unspecified atom stereocenters. The molecule has 2 heteroatoms. The minimum atomic E-state index is 0.0908. The zero-order valence-corrected chi connectivity index (χ0v) is 7.70. The summed E-state index contributed by atoms with van der Waals surface area (Å²) in [6.45, 7) is 2.37. The predicted molar refractivity (Wildman–Crippen MR) is 50.7 cm³/mol. The van der Waals surface area contributed by atoms with E-state index in [1.165, 1.54) is 0 Å². The van der Waals surface area contributed by atoms with E-state index in [0.717, 1.165) is 12.0 Å². The predicted octanol–water partition coefficient (Wildman–Crippen LogP) is 1.66. The van der Waals surface area contributed by atoms with Gasteiger partial charge >= 0.3 is 0 Å². The second-order valence-electron chi connectivity index (χ2n) is 4.05. The molecule has 70 valence electrons. The Labute approximate surface area is 77.8 Å². The van der Waals surface area contributed by atoms with Gasteiger partial charge in [0.05, 0.1) is 0 Å². The molecular weight excluding hydrogens is 164 g/mol. The molecular formula is C11H14O2. The van der Waals surface area contributed by atoms with Gasteiger partial charge in [-0.25, -0.2) is 0 Å². The van der Waals surface area contributed by atoms with Crippen molar-refractivity contribution < 1.29 is 10.2 Å². The van der Waals surface area contributed by atoms with E-state index < -0.39 is 0 Å². The first-order chi connectivity index (χ1) is 6.16. The Hall–Kier alpha value is -1.02. The molecule has 0 aromatic heterocycles. The second kappa shape index (κ2) is 2.74. The number of benzene rings is 1. The topological polar surface area (TPSA) is 40.5 Å². The molecule has 1 fully saturated rings. The number of hydrogen-bond acceptors (Lipinski definition) is 2. The number of phenols is 1. The Morgan fingerprint density at radius 3 is 2.85 bits per heavy atom. The summed E-state index contributed by atoms with van der Waals surface area (Å²) >= 11 is 0. The van der Waals surface area contributed by atoms with Crippen LogP contribution >= 0.6 is 0 Å². The van der Waals surface area contributed by atoms with Gasteiger partial charge in [0, 0.05) is 6.61 Å². The lowest BCUT2D eigenvalue weighted by Gasteiger charge is -2.10. The van der Waals surface area contributed by atoms with Gasteiger partial charge < -0.3 is 10.2 Å². The molecule has 0 spiro atoms. The normalized spacial score (nSPS) is 31.7. The molecule has 2 N–H and O–H groups in total. The van der Waals surface area contributed by atoms with E-state index >= 15 is 0 Å². The SMILES string of the molecule is CC1(c2cccc(O)c2)CC1CO. The van der Waals surface area contributed by atoms with Crippen molar-refractivity contribution in [2.75, 3.05) is 6.61 Å². The van der Waals surface area contributed by atoms with Crippen molar-refractivity contribution in [3.05, 3.63) is 29.8 Å². The molecule has 13 heavy (non-hydrogen) atoms. The molecule has 1 aliphatic carbocycles. The first-order valence-electron chi connectivity index (χ1n) is 4.57. The van der Waals surface area contributed by atoms with E-state index in [1.807, 2.05) is 12.1 Å². The van der Waals surface area contributed by atoms with E-state index in [1.54, 1.807) is 12.1 Å². The van der Waals surface area contributed by atoms with Gasteiger partial charge in [-0.2, -0.15) is 0 Å². The number of rotatable bonds is 2. The molecule has 0 aliphatic heterocycles. The fraction of sp³-hybridized carbons (Fsp3) is 0.455. The minimum absolute atomic E-state index is 0.0908. The molecule has 2 nitrogen and oxygen atoms in total. The summed E-state index contributed by atoms with van der Waals surface area (Å²) in [6, 6.07) is 7.32. The maximum Gasteiger partial charge on any atom is 0.115 e. The van der Waals surface area contributed by atoms with Crippen LogP contribution in [-0.4, -0.2) is 16.8 Å². The Kier molecular flexibility index (Phi) is 1.81. The first kappa shape index (κ1) is 8.57. The van der Waals surface area contributed by atoms with Crippen molar-refractivity contribution in [1.29, 1.82) is 0 Å². The Morgan fingerprint density at radius 1 is 1.54 bits per heavy atom. The molecule has 1 saturated carbocycles. The highest BCUT2D eigenvalue weighted by molar-refractivity contribution is 5.37. The van der Waals surface area contributed by atoms with Crippen LogP contribution in [0.1, 0.15) is 18.9 Å². The summed E-state index contributed by atoms with van der Waals surface area (Å²) in [7, 11) is 0. The van der Waals surface area contributed by atoms with Crippen LogP contribution in [0.25, 0.3) is 0 Å². The van der Waals surface area contributed by atoms with Gasteiger partial charge in [-0.05, 0) is 35.4 Å². The summed E-state index contributed by atoms with van der Waals surface area (Å²) in [6.07, 6.45) is 1.02. The van der Waals surface area contributed by atoms with Gasteiger partial charge in [-0.1, -0.05) is 19.1 Å².